The third-order valence-corrected chi connectivity index (χ3v) is 5.76. The third kappa shape index (κ3) is 5.45. The molecule has 0 saturated carbocycles. The third-order valence-electron chi connectivity index (χ3n) is 4.55. The maximum absolute atomic E-state index is 12.6. The van der Waals surface area contributed by atoms with Crippen molar-refractivity contribution >= 4 is 39.7 Å². The van der Waals surface area contributed by atoms with E-state index in [2.05, 4.69) is 29.5 Å². The summed E-state index contributed by atoms with van der Waals surface area (Å²) < 4.78 is 0. The number of benzene rings is 2. The topological polar surface area (TPSA) is 74.3 Å². The van der Waals surface area contributed by atoms with Gasteiger partial charge in [0.2, 0.25) is 5.91 Å². The average molecular weight is 423 g/mol. The summed E-state index contributed by atoms with van der Waals surface area (Å²) in [5.74, 6) is 0.103. The average Bonchev–Trinajstić information content (AvgIpc) is 3.18. The number of amides is 2. The van der Waals surface area contributed by atoms with Crippen LogP contribution in [0.5, 0.6) is 0 Å². The highest BCUT2D eigenvalue weighted by molar-refractivity contribution is 7.15. The van der Waals surface area contributed by atoms with Gasteiger partial charge in [-0.2, -0.15) is 0 Å². The van der Waals surface area contributed by atoms with Gasteiger partial charge in [0, 0.05) is 36.5 Å². The van der Waals surface area contributed by atoms with Crippen LogP contribution in [0.4, 0.5) is 16.5 Å². The van der Waals surface area contributed by atoms with Crippen LogP contribution in [0.3, 0.4) is 0 Å². The zero-order chi connectivity index (χ0) is 21.7. The Morgan fingerprint density at radius 1 is 1.03 bits per heavy atom. The van der Waals surface area contributed by atoms with Crippen LogP contribution in [0, 0.1) is 0 Å². The molecule has 7 heteroatoms. The fraction of sp³-hybridized carbons (Fsp3) is 0.261. The first-order chi connectivity index (χ1) is 14.3. The summed E-state index contributed by atoms with van der Waals surface area (Å²) in [7, 11) is 3.81. The van der Waals surface area contributed by atoms with Crippen LogP contribution in [0.1, 0.15) is 40.6 Å². The summed E-state index contributed by atoms with van der Waals surface area (Å²) in [6.45, 7) is 4.19. The number of rotatable bonds is 7. The second-order valence-corrected chi connectivity index (χ2v) is 8.57. The first-order valence-corrected chi connectivity index (χ1v) is 10.6. The van der Waals surface area contributed by atoms with Crippen molar-refractivity contribution in [1.82, 2.24) is 4.98 Å². The second-order valence-electron chi connectivity index (χ2n) is 7.51. The zero-order valence-electron chi connectivity index (χ0n) is 17.6. The Labute approximate surface area is 181 Å². The minimum absolute atomic E-state index is 0.114. The molecule has 3 rings (SSSR count). The molecule has 2 N–H and O–H groups in total. The highest BCUT2D eigenvalue weighted by Gasteiger charge is 2.13. The summed E-state index contributed by atoms with van der Waals surface area (Å²) >= 11 is 1.50. The van der Waals surface area contributed by atoms with Gasteiger partial charge in [0.1, 0.15) is 0 Å². The number of hydrogen-bond donors (Lipinski definition) is 2. The van der Waals surface area contributed by atoms with Gasteiger partial charge in [-0.1, -0.05) is 38.1 Å². The molecule has 0 saturated heterocycles. The van der Waals surface area contributed by atoms with E-state index in [0.29, 0.717) is 22.3 Å². The van der Waals surface area contributed by atoms with Crippen molar-refractivity contribution in [2.75, 3.05) is 29.6 Å². The van der Waals surface area contributed by atoms with Crippen molar-refractivity contribution in [3.63, 3.8) is 0 Å². The maximum Gasteiger partial charge on any atom is 0.257 e. The number of hydrogen-bond acceptors (Lipinski definition) is 5. The van der Waals surface area contributed by atoms with E-state index < -0.39 is 0 Å². The fourth-order valence-electron chi connectivity index (χ4n) is 2.92. The fourth-order valence-corrected chi connectivity index (χ4v) is 3.75. The van der Waals surface area contributed by atoms with Crippen molar-refractivity contribution in [3.05, 3.63) is 70.7 Å². The van der Waals surface area contributed by atoms with Gasteiger partial charge in [0.15, 0.2) is 5.13 Å². The molecule has 0 aliphatic rings. The molecule has 156 valence electrons. The van der Waals surface area contributed by atoms with Gasteiger partial charge < -0.3 is 15.5 Å². The lowest BCUT2D eigenvalue weighted by Gasteiger charge is -2.17. The predicted octanol–water partition coefficient (Wildman–Crippen LogP) is 4.77. The number of para-hydroxylation sites is 1. The summed E-state index contributed by atoms with van der Waals surface area (Å²) in [6, 6.07) is 14.7. The molecule has 0 aliphatic carbocycles. The predicted molar refractivity (Wildman–Crippen MR) is 124 cm³/mol. The quantitative estimate of drug-likeness (QED) is 0.575. The summed E-state index contributed by atoms with van der Waals surface area (Å²) in [5.41, 5.74) is 3.00. The molecule has 1 heterocycles. The van der Waals surface area contributed by atoms with Gasteiger partial charge in [-0.25, -0.2) is 4.98 Å². The van der Waals surface area contributed by atoms with Gasteiger partial charge in [0.05, 0.1) is 12.0 Å². The SMILES string of the molecule is CC(C)c1cnc(NC(=O)Cc2ccc(NC(=O)c3ccccc3N(C)C)cc2)s1. The number of anilines is 3. The number of carbonyl (C=O) groups excluding carboxylic acids is 2. The van der Waals surface area contributed by atoms with Crippen molar-refractivity contribution in [3.8, 4) is 0 Å². The first-order valence-electron chi connectivity index (χ1n) is 9.75. The minimum atomic E-state index is -0.172. The van der Waals surface area contributed by atoms with Crippen molar-refractivity contribution < 1.29 is 9.59 Å². The first kappa shape index (κ1) is 21.5. The Morgan fingerprint density at radius 2 is 1.73 bits per heavy atom. The molecule has 1 aromatic heterocycles. The Morgan fingerprint density at radius 3 is 2.37 bits per heavy atom. The van der Waals surface area contributed by atoms with Crippen LogP contribution in [0.15, 0.2) is 54.7 Å². The van der Waals surface area contributed by atoms with Crippen LogP contribution in [0.2, 0.25) is 0 Å². The molecular weight excluding hydrogens is 396 g/mol. The molecule has 6 nitrogen and oxygen atoms in total. The Bertz CT molecular complexity index is 1030. The molecule has 0 aliphatic heterocycles. The van der Waals surface area contributed by atoms with Crippen LogP contribution in [-0.4, -0.2) is 30.9 Å². The van der Waals surface area contributed by atoms with E-state index in [9.17, 15) is 9.59 Å². The Kier molecular flexibility index (Phi) is 6.84. The van der Waals surface area contributed by atoms with Gasteiger partial charge >= 0.3 is 0 Å². The van der Waals surface area contributed by atoms with Crippen molar-refractivity contribution in [1.29, 1.82) is 0 Å². The highest BCUT2D eigenvalue weighted by Crippen LogP contribution is 2.25. The molecule has 2 amide bonds. The zero-order valence-corrected chi connectivity index (χ0v) is 18.4. The maximum atomic E-state index is 12.6. The van der Waals surface area contributed by atoms with Crippen LogP contribution in [0.25, 0.3) is 0 Å². The lowest BCUT2D eigenvalue weighted by atomic mass is 10.1. The van der Waals surface area contributed by atoms with Gasteiger partial charge in [-0.3, -0.25) is 9.59 Å². The molecule has 2 aromatic carbocycles. The minimum Gasteiger partial charge on any atom is -0.377 e. The smallest absolute Gasteiger partial charge is 0.257 e. The summed E-state index contributed by atoms with van der Waals surface area (Å²) in [6.07, 6.45) is 2.05. The summed E-state index contributed by atoms with van der Waals surface area (Å²) in [4.78, 5) is 32.2. The van der Waals surface area contributed by atoms with Crippen LogP contribution >= 0.6 is 11.3 Å². The lowest BCUT2D eigenvalue weighted by Crippen LogP contribution is -2.18. The number of carbonyl (C=O) groups is 2. The van der Waals surface area contributed by atoms with E-state index in [1.165, 1.54) is 11.3 Å². The van der Waals surface area contributed by atoms with Crippen molar-refractivity contribution in [2.24, 2.45) is 0 Å². The van der Waals surface area contributed by atoms with Gasteiger partial charge in [-0.05, 0) is 35.7 Å². The second kappa shape index (κ2) is 9.54. The molecule has 0 fully saturated rings. The van der Waals surface area contributed by atoms with Crippen LogP contribution in [-0.2, 0) is 11.2 Å². The lowest BCUT2D eigenvalue weighted by molar-refractivity contribution is -0.115. The normalized spacial score (nSPS) is 10.7. The molecule has 0 bridgehead atoms. The monoisotopic (exact) mass is 422 g/mol. The van der Waals surface area contributed by atoms with E-state index in [1.54, 1.807) is 24.4 Å². The molecule has 0 radical (unpaired) electrons. The number of thiazole rings is 1. The van der Waals surface area contributed by atoms with Gasteiger partial charge in [-0.15, -0.1) is 11.3 Å². The molecule has 0 spiro atoms. The summed E-state index contributed by atoms with van der Waals surface area (Å²) in [5, 5.41) is 6.38. The molecule has 0 atom stereocenters. The number of aromatic nitrogens is 1. The number of nitrogens with one attached hydrogen (secondary N) is 2. The largest absolute Gasteiger partial charge is 0.377 e. The Hall–Kier alpha value is -3.19. The molecule has 30 heavy (non-hydrogen) atoms. The number of nitrogens with zero attached hydrogens (tertiary/aromatic N) is 2. The molecular formula is C23H26N4O2S. The van der Waals surface area contributed by atoms with Gasteiger partial charge in [0.25, 0.3) is 5.91 Å². The van der Waals surface area contributed by atoms with E-state index >= 15 is 0 Å². The molecule has 0 unspecified atom stereocenters. The van der Waals surface area contributed by atoms with Crippen LogP contribution < -0.4 is 15.5 Å². The van der Waals surface area contributed by atoms with Crippen molar-refractivity contribution in [2.45, 2.75) is 26.2 Å². The van der Waals surface area contributed by atoms with E-state index in [4.69, 9.17) is 0 Å². The van der Waals surface area contributed by atoms with E-state index in [0.717, 1.165) is 16.1 Å². The standard InChI is InChI=1S/C23H26N4O2S/c1-15(2)20-14-24-23(30-20)26-21(28)13-16-9-11-17(12-10-16)25-22(29)18-7-5-6-8-19(18)27(3)4/h5-12,14-15H,13H2,1-4H3,(H,25,29)(H,24,26,28). The highest BCUT2D eigenvalue weighted by atomic mass is 32.1. The van der Waals surface area contributed by atoms with E-state index in [-0.39, 0.29) is 18.2 Å². The Balaban J connectivity index is 1.59. The van der Waals surface area contributed by atoms with E-state index in [1.807, 2.05) is 49.3 Å². The molecule has 3 aromatic rings.